The number of benzene rings is 1. The molecule has 1 atom stereocenters. The largest absolute Gasteiger partial charge is 0.416 e. The lowest BCUT2D eigenvalue weighted by atomic mass is 10.0. The van der Waals surface area contributed by atoms with E-state index < -0.39 is 17.8 Å². The van der Waals surface area contributed by atoms with E-state index in [0.29, 0.717) is 4.88 Å². The van der Waals surface area contributed by atoms with Crippen molar-refractivity contribution in [2.75, 3.05) is 0 Å². The Bertz CT molecular complexity index is 606. The summed E-state index contributed by atoms with van der Waals surface area (Å²) in [5.41, 5.74) is -1.08. The summed E-state index contributed by atoms with van der Waals surface area (Å²) in [7, 11) is 0. The fourth-order valence-electron chi connectivity index (χ4n) is 1.56. The van der Waals surface area contributed by atoms with E-state index in [-0.39, 0.29) is 5.56 Å². The van der Waals surface area contributed by atoms with Gasteiger partial charge in [-0.05, 0) is 17.5 Å². The molecule has 2 aromatic rings. The maximum atomic E-state index is 12.8. The zero-order valence-electron chi connectivity index (χ0n) is 9.61. The number of thiophene rings is 1. The number of aliphatic hydroxyl groups is 1. The van der Waals surface area contributed by atoms with E-state index in [1.165, 1.54) is 29.5 Å². The fourth-order valence-corrected chi connectivity index (χ4v) is 2.14. The molecule has 2 rings (SSSR count). The van der Waals surface area contributed by atoms with Gasteiger partial charge in [-0.25, -0.2) is 0 Å². The Hall–Kier alpha value is -1.77. The van der Waals surface area contributed by atoms with Gasteiger partial charge in [-0.15, -0.1) is 11.3 Å². The number of aliphatic hydroxyl groups excluding tert-OH is 1. The quantitative estimate of drug-likeness (QED) is 0.788. The van der Waals surface area contributed by atoms with Crippen LogP contribution in [0.3, 0.4) is 0 Å². The van der Waals surface area contributed by atoms with Crippen LogP contribution in [0.25, 0.3) is 0 Å². The van der Waals surface area contributed by atoms with Crippen molar-refractivity contribution in [3.63, 3.8) is 0 Å². The molecule has 0 fully saturated rings. The molecule has 0 saturated heterocycles. The van der Waals surface area contributed by atoms with Crippen LogP contribution in [-0.2, 0) is 6.18 Å². The van der Waals surface area contributed by atoms with Gasteiger partial charge in [0.15, 0.2) is 0 Å². The molecule has 19 heavy (non-hydrogen) atoms. The maximum Gasteiger partial charge on any atom is 0.416 e. The SMILES string of the molecule is OC(C#Cc1cccs1)c1ccccc1C(F)(F)F. The van der Waals surface area contributed by atoms with E-state index in [0.717, 1.165) is 6.07 Å². The molecule has 1 N–H and O–H groups in total. The third-order valence-electron chi connectivity index (χ3n) is 2.41. The second-order valence-electron chi connectivity index (χ2n) is 3.73. The summed E-state index contributed by atoms with van der Waals surface area (Å²) < 4.78 is 38.3. The average molecular weight is 282 g/mol. The molecule has 0 bridgehead atoms. The van der Waals surface area contributed by atoms with E-state index in [1.807, 2.05) is 0 Å². The summed E-state index contributed by atoms with van der Waals surface area (Å²) in [6, 6.07) is 8.42. The van der Waals surface area contributed by atoms with E-state index >= 15 is 0 Å². The highest BCUT2D eigenvalue weighted by Gasteiger charge is 2.34. The molecule has 98 valence electrons. The van der Waals surface area contributed by atoms with Crippen molar-refractivity contribution in [3.05, 3.63) is 57.8 Å². The Morgan fingerprint density at radius 3 is 2.47 bits per heavy atom. The van der Waals surface area contributed by atoms with Crippen LogP contribution in [-0.4, -0.2) is 5.11 Å². The van der Waals surface area contributed by atoms with Crippen molar-refractivity contribution in [1.82, 2.24) is 0 Å². The van der Waals surface area contributed by atoms with Crippen LogP contribution in [0.15, 0.2) is 41.8 Å². The van der Waals surface area contributed by atoms with E-state index in [1.54, 1.807) is 17.5 Å². The molecular formula is C14H9F3OS. The highest BCUT2D eigenvalue weighted by atomic mass is 32.1. The first-order valence-electron chi connectivity index (χ1n) is 5.38. The summed E-state index contributed by atoms with van der Waals surface area (Å²) in [6.07, 6.45) is -5.96. The Balaban J connectivity index is 2.32. The first-order valence-corrected chi connectivity index (χ1v) is 6.25. The zero-order chi connectivity index (χ0) is 13.9. The van der Waals surface area contributed by atoms with Crippen molar-refractivity contribution >= 4 is 11.3 Å². The molecule has 1 aromatic carbocycles. The van der Waals surface area contributed by atoms with Crippen molar-refractivity contribution < 1.29 is 18.3 Å². The number of hydrogen-bond donors (Lipinski definition) is 1. The third kappa shape index (κ3) is 3.37. The highest BCUT2D eigenvalue weighted by molar-refractivity contribution is 7.10. The van der Waals surface area contributed by atoms with Crippen molar-refractivity contribution in [2.45, 2.75) is 12.3 Å². The molecule has 1 aromatic heterocycles. The molecule has 0 aliphatic rings. The first kappa shape index (κ1) is 13.7. The monoisotopic (exact) mass is 282 g/mol. The zero-order valence-corrected chi connectivity index (χ0v) is 10.4. The van der Waals surface area contributed by atoms with Gasteiger partial charge >= 0.3 is 6.18 Å². The van der Waals surface area contributed by atoms with Crippen molar-refractivity contribution in [2.24, 2.45) is 0 Å². The smallest absolute Gasteiger partial charge is 0.376 e. The lowest BCUT2D eigenvalue weighted by Crippen LogP contribution is -2.11. The predicted octanol–water partition coefficient (Wildman–Crippen LogP) is 3.85. The van der Waals surface area contributed by atoms with Crippen molar-refractivity contribution in [1.29, 1.82) is 0 Å². The lowest BCUT2D eigenvalue weighted by Gasteiger charge is -2.13. The first-order chi connectivity index (χ1) is 8.98. The van der Waals surface area contributed by atoms with Gasteiger partial charge in [-0.3, -0.25) is 0 Å². The highest BCUT2D eigenvalue weighted by Crippen LogP contribution is 2.34. The third-order valence-corrected chi connectivity index (χ3v) is 3.20. The Morgan fingerprint density at radius 2 is 1.84 bits per heavy atom. The van der Waals surface area contributed by atoms with Gasteiger partial charge < -0.3 is 5.11 Å². The molecule has 0 amide bonds. The molecule has 0 spiro atoms. The summed E-state index contributed by atoms with van der Waals surface area (Å²) >= 11 is 1.36. The molecule has 5 heteroatoms. The normalized spacial score (nSPS) is 12.6. The lowest BCUT2D eigenvalue weighted by molar-refractivity contribution is -0.138. The fraction of sp³-hybridized carbons (Fsp3) is 0.143. The van der Waals surface area contributed by atoms with Crippen LogP contribution in [0.4, 0.5) is 13.2 Å². The molecule has 0 saturated carbocycles. The van der Waals surface area contributed by atoms with Crippen LogP contribution in [0.2, 0.25) is 0 Å². The summed E-state index contributed by atoms with van der Waals surface area (Å²) in [6.45, 7) is 0. The van der Waals surface area contributed by atoms with Gasteiger partial charge in [0.2, 0.25) is 0 Å². The molecule has 0 radical (unpaired) electrons. The van der Waals surface area contributed by atoms with Crippen molar-refractivity contribution in [3.8, 4) is 11.8 Å². The number of halogens is 3. The second-order valence-corrected chi connectivity index (χ2v) is 4.68. The van der Waals surface area contributed by atoms with E-state index in [2.05, 4.69) is 11.8 Å². The topological polar surface area (TPSA) is 20.2 Å². The van der Waals surface area contributed by atoms with Gasteiger partial charge in [-0.2, -0.15) is 13.2 Å². The number of hydrogen-bond acceptors (Lipinski definition) is 2. The summed E-state index contributed by atoms with van der Waals surface area (Å²) in [5.74, 6) is 5.08. The molecule has 1 heterocycles. The number of alkyl halides is 3. The summed E-state index contributed by atoms with van der Waals surface area (Å²) in [5, 5.41) is 11.6. The molecule has 1 nitrogen and oxygen atoms in total. The minimum absolute atomic E-state index is 0.223. The molecule has 0 aliphatic heterocycles. The minimum Gasteiger partial charge on any atom is -0.376 e. The summed E-state index contributed by atoms with van der Waals surface area (Å²) in [4.78, 5) is 0.698. The molecule has 1 unspecified atom stereocenters. The van der Waals surface area contributed by atoms with Crippen LogP contribution in [0.5, 0.6) is 0 Å². The Labute approximate surface area is 112 Å². The van der Waals surface area contributed by atoms with Gasteiger partial charge in [0, 0.05) is 5.56 Å². The van der Waals surface area contributed by atoms with Crippen LogP contribution >= 0.6 is 11.3 Å². The van der Waals surface area contributed by atoms with Crippen LogP contribution in [0.1, 0.15) is 22.1 Å². The van der Waals surface area contributed by atoms with Gasteiger partial charge in [0.25, 0.3) is 0 Å². The van der Waals surface area contributed by atoms with E-state index in [9.17, 15) is 18.3 Å². The van der Waals surface area contributed by atoms with Crippen LogP contribution in [0, 0.1) is 11.8 Å². The van der Waals surface area contributed by atoms with Gasteiger partial charge in [0.05, 0.1) is 10.4 Å². The van der Waals surface area contributed by atoms with Gasteiger partial charge in [0.1, 0.15) is 6.10 Å². The maximum absolute atomic E-state index is 12.8. The molecule has 0 aliphatic carbocycles. The Kier molecular flexibility index (Phi) is 3.93. The molecular weight excluding hydrogens is 273 g/mol. The standard InChI is InChI=1S/C14H9F3OS/c15-14(16,17)12-6-2-1-5-11(12)13(18)8-7-10-4-3-9-19-10/h1-6,9,13,18H. The van der Waals surface area contributed by atoms with E-state index in [4.69, 9.17) is 0 Å². The predicted molar refractivity (Wildman–Crippen MR) is 67.6 cm³/mol. The number of rotatable bonds is 1. The van der Waals surface area contributed by atoms with Gasteiger partial charge in [-0.1, -0.05) is 36.1 Å². The minimum atomic E-state index is -4.50. The average Bonchev–Trinajstić information content (AvgIpc) is 2.88. The Morgan fingerprint density at radius 1 is 1.11 bits per heavy atom. The van der Waals surface area contributed by atoms with Crippen LogP contribution < -0.4 is 0 Å². The second kappa shape index (κ2) is 5.47.